The molecule has 1 aliphatic carbocycles. The molecule has 2 atom stereocenters. The van der Waals surface area contributed by atoms with E-state index < -0.39 is 30.4 Å². The van der Waals surface area contributed by atoms with Crippen LogP contribution < -0.4 is 14.5 Å². The SMILES string of the molecule is CN(C(=O)[C@@H](CC(=O)O)CC1CCCC1)c1nc(-c2ccccc2Cl)cs1.CN(C(=O)[C@@H](CC(=O)O)Cc1ccccc1)c1nc(-c2cccc(OC(F)F)c2)cs1. The van der Waals surface area contributed by atoms with Crippen LogP contribution >= 0.6 is 34.3 Å². The molecule has 11 nitrogen and oxygen atoms in total. The van der Waals surface area contributed by atoms with E-state index in [0.29, 0.717) is 51.0 Å². The van der Waals surface area contributed by atoms with Gasteiger partial charge < -0.3 is 14.9 Å². The highest BCUT2D eigenvalue weighted by molar-refractivity contribution is 7.14. The van der Waals surface area contributed by atoms with Crippen LogP contribution in [0.2, 0.25) is 5.02 Å². The number of amides is 2. The first-order chi connectivity index (χ1) is 27.8. The molecular formula is C42H43ClF2N4O7S2. The number of anilines is 2. The lowest BCUT2D eigenvalue weighted by atomic mass is 9.90. The number of carboxylic acid groups (broad SMARTS) is 2. The van der Waals surface area contributed by atoms with Crippen LogP contribution in [0.1, 0.15) is 50.5 Å². The summed E-state index contributed by atoms with van der Waals surface area (Å²) in [4.78, 5) is 60.4. The molecule has 2 amide bonds. The molecule has 0 bridgehead atoms. The second kappa shape index (κ2) is 21.0. The Morgan fingerprint density at radius 1 is 0.793 bits per heavy atom. The van der Waals surface area contributed by atoms with Crippen LogP contribution in [0.5, 0.6) is 5.75 Å². The zero-order chi connectivity index (χ0) is 41.8. The molecule has 1 fully saturated rings. The zero-order valence-electron chi connectivity index (χ0n) is 31.8. The maximum Gasteiger partial charge on any atom is 0.387 e. The van der Waals surface area contributed by atoms with Gasteiger partial charge in [-0.1, -0.05) is 97.9 Å². The highest BCUT2D eigenvalue weighted by atomic mass is 35.5. The molecule has 0 aliphatic heterocycles. The monoisotopic (exact) mass is 852 g/mol. The minimum Gasteiger partial charge on any atom is -0.481 e. The largest absolute Gasteiger partial charge is 0.481 e. The molecule has 16 heteroatoms. The van der Waals surface area contributed by atoms with Gasteiger partial charge in [0, 0.05) is 46.9 Å². The number of carboxylic acids is 2. The van der Waals surface area contributed by atoms with Gasteiger partial charge in [-0.05, 0) is 42.5 Å². The van der Waals surface area contributed by atoms with Crippen LogP contribution in [0.25, 0.3) is 22.5 Å². The number of ether oxygens (including phenoxy) is 1. The third-order valence-corrected chi connectivity index (χ3v) is 11.8. The van der Waals surface area contributed by atoms with Gasteiger partial charge in [0.05, 0.1) is 30.1 Å². The van der Waals surface area contributed by atoms with E-state index in [9.17, 15) is 38.2 Å². The predicted molar refractivity (Wildman–Crippen MR) is 222 cm³/mol. The smallest absolute Gasteiger partial charge is 0.387 e. The van der Waals surface area contributed by atoms with Crippen molar-refractivity contribution in [2.75, 3.05) is 23.9 Å². The Morgan fingerprint density at radius 2 is 1.36 bits per heavy atom. The number of halogens is 3. The summed E-state index contributed by atoms with van der Waals surface area (Å²) in [6.07, 6.45) is 5.00. The third kappa shape index (κ3) is 12.4. The van der Waals surface area contributed by atoms with E-state index in [-0.39, 0.29) is 30.4 Å². The van der Waals surface area contributed by atoms with Crippen molar-refractivity contribution in [3.05, 3.63) is 100 Å². The van der Waals surface area contributed by atoms with Gasteiger partial charge in [0.25, 0.3) is 0 Å². The van der Waals surface area contributed by atoms with Crippen molar-refractivity contribution in [3.8, 4) is 28.3 Å². The summed E-state index contributed by atoms with van der Waals surface area (Å²) < 4.78 is 29.3. The van der Waals surface area contributed by atoms with Crippen LogP contribution in [-0.2, 0) is 25.6 Å². The van der Waals surface area contributed by atoms with E-state index in [1.54, 1.807) is 37.7 Å². The third-order valence-electron chi connectivity index (χ3n) is 9.68. The molecule has 58 heavy (non-hydrogen) atoms. The van der Waals surface area contributed by atoms with Gasteiger partial charge in [-0.25, -0.2) is 9.97 Å². The molecule has 0 saturated heterocycles. The van der Waals surface area contributed by atoms with Gasteiger partial charge >= 0.3 is 18.6 Å². The molecule has 0 unspecified atom stereocenters. The summed E-state index contributed by atoms with van der Waals surface area (Å²) >= 11 is 8.79. The maximum atomic E-state index is 13.0. The van der Waals surface area contributed by atoms with E-state index in [1.165, 1.54) is 57.4 Å². The van der Waals surface area contributed by atoms with Crippen LogP contribution in [0.3, 0.4) is 0 Å². The average Bonchev–Trinajstić information content (AvgIpc) is 4.00. The molecule has 2 heterocycles. The lowest BCUT2D eigenvalue weighted by Gasteiger charge is -2.23. The number of rotatable bonds is 16. The summed E-state index contributed by atoms with van der Waals surface area (Å²) in [5.41, 5.74) is 3.46. The summed E-state index contributed by atoms with van der Waals surface area (Å²) in [5.74, 6) is -3.33. The Morgan fingerprint density at radius 3 is 1.98 bits per heavy atom. The van der Waals surface area contributed by atoms with Crippen LogP contribution in [0, 0.1) is 17.8 Å². The van der Waals surface area contributed by atoms with Gasteiger partial charge in [-0.3, -0.25) is 29.0 Å². The number of aromatic nitrogens is 2. The van der Waals surface area contributed by atoms with E-state index in [4.69, 9.17) is 11.6 Å². The fourth-order valence-electron chi connectivity index (χ4n) is 6.82. The van der Waals surface area contributed by atoms with E-state index in [1.807, 2.05) is 53.9 Å². The number of carbonyl (C=O) groups is 4. The Balaban J connectivity index is 0.000000223. The van der Waals surface area contributed by atoms with Crippen molar-refractivity contribution in [1.29, 1.82) is 0 Å². The van der Waals surface area contributed by atoms with Gasteiger partial charge in [0.15, 0.2) is 10.3 Å². The predicted octanol–water partition coefficient (Wildman–Crippen LogP) is 9.81. The fourth-order valence-corrected chi connectivity index (χ4v) is 8.65. The lowest BCUT2D eigenvalue weighted by molar-refractivity contribution is -0.141. The first-order valence-corrected chi connectivity index (χ1v) is 20.7. The molecule has 3 aromatic carbocycles. The van der Waals surface area contributed by atoms with Crippen molar-refractivity contribution in [1.82, 2.24) is 9.97 Å². The highest BCUT2D eigenvalue weighted by Crippen LogP contribution is 2.35. The quantitative estimate of drug-likeness (QED) is 0.0989. The molecule has 0 radical (unpaired) electrons. The zero-order valence-corrected chi connectivity index (χ0v) is 34.2. The van der Waals surface area contributed by atoms with Crippen LogP contribution in [-0.4, -0.2) is 64.6 Å². The first-order valence-electron chi connectivity index (χ1n) is 18.5. The first kappa shape index (κ1) is 43.9. The molecule has 1 saturated carbocycles. The van der Waals surface area contributed by atoms with E-state index in [0.717, 1.165) is 24.0 Å². The van der Waals surface area contributed by atoms with Gasteiger partial charge in [-0.15, -0.1) is 22.7 Å². The fraction of sp³-hybridized carbons (Fsp3) is 0.333. The molecule has 2 N–H and O–H groups in total. The molecule has 306 valence electrons. The number of carbonyl (C=O) groups excluding carboxylic acids is 2. The van der Waals surface area contributed by atoms with Crippen LogP contribution in [0.4, 0.5) is 19.0 Å². The summed E-state index contributed by atoms with van der Waals surface area (Å²) in [7, 11) is 3.21. The Hall–Kier alpha value is -5.25. The molecule has 5 aromatic rings. The summed E-state index contributed by atoms with van der Waals surface area (Å²) in [6.45, 7) is -2.93. The second-order valence-electron chi connectivity index (χ2n) is 13.9. The molecule has 2 aromatic heterocycles. The standard InChI is InChI=1S/C22H20F2N2O4S.C20H23ClN2O3S/c1-26(20(29)16(12-19(27)28)10-14-6-3-2-4-7-14)22-25-18(13-31-22)15-8-5-9-17(11-15)30-21(23)24;1-23(19(26)14(11-18(24)25)10-13-6-2-3-7-13)20-22-17(12-27-20)15-8-4-5-9-16(15)21/h2-9,11,13,16,21H,10,12H2,1H3,(H,27,28);4-5,8-9,12-14H,2-3,6-7,10-11H2,1H3,(H,24,25)/t16-;14-/m11/s1. The number of hydrogen-bond acceptors (Lipinski definition) is 9. The molecule has 0 spiro atoms. The number of nitrogens with zero attached hydrogens (tertiary/aromatic N) is 4. The maximum absolute atomic E-state index is 13.0. The van der Waals surface area contributed by atoms with Crippen molar-refractivity contribution in [2.24, 2.45) is 17.8 Å². The number of benzene rings is 3. The Labute approximate surface area is 347 Å². The van der Waals surface area contributed by atoms with Gasteiger partial charge in [0.1, 0.15) is 5.75 Å². The highest BCUT2D eigenvalue weighted by Gasteiger charge is 2.31. The number of hydrogen-bond donors (Lipinski definition) is 2. The van der Waals surface area contributed by atoms with E-state index >= 15 is 0 Å². The van der Waals surface area contributed by atoms with Crippen molar-refractivity contribution < 1.29 is 42.9 Å². The van der Waals surface area contributed by atoms with Crippen molar-refractivity contribution in [2.45, 2.75) is 58.0 Å². The minimum atomic E-state index is -2.93. The molecule has 1 aliphatic rings. The summed E-state index contributed by atoms with van der Waals surface area (Å²) in [5, 5.41) is 23.6. The van der Waals surface area contributed by atoms with Gasteiger partial charge in [-0.2, -0.15) is 8.78 Å². The van der Waals surface area contributed by atoms with Gasteiger partial charge in [0.2, 0.25) is 11.8 Å². The number of thiazole rings is 2. The van der Waals surface area contributed by atoms with Crippen molar-refractivity contribution >= 4 is 68.3 Å². The average molecular weight is 853 g/mol. The second-order valence-corrected chi connectivity index (χ2v) is 16.0. The normalized spacial score (nSPS) is 13.6. The molecular weight excluding hydrogens is 810 g/mol. The number of aliphatic carboxylic acids is 2. The topological polar surface area (TPSA) is 150 Å². The number of alkyl halides is 2. The van der Waals surface area contributed by atoms with Crippen LogP contribution in [0.15, 0.2) is 89.6 Å². The van der Waals surface area contributed by atoms with Crippen molar-refractivity contribution in [3.63, 3.8) is 0 Å². The Bertz CT molecular complexity index is 2160. The lowest BCUT2D eigenvalue weighted by Crippen LogP contribution is -2.35. The molecule has 6 rings (SSSR count). The Kier molecular flexibility index (Phi) is 15.8. The van der Waals surface area contributed by atoms with E-state index in [2.05, 4.69) is 14.7 Å². The minimum absolute atomic E-state index is 0.0101. The summed E-state index contributed by atoms with van der Waals surface area (Å²) in [6, 6.07) is 22.8.